The molecule has 0 radical (unpaired) electrons. The second-order valence-electron chi connectivity index (χ2n) is 3.98. The average molecular weight is 269 g/mol. The number of benzene rings is 1. The van der Waals surface area contributed by atoms with Crippen LogP contribution in [-0.2, 0) is 12.8 Å². The molecule has 0 fully saturated rings. The Kier molecular flexibility index (Phi) is 3.98. The first-order chi connectivity index (χ1) is 8.61. The predicted octanol–water partition coefficient (Wildman–Crippen LogP) is 2.62. The van der Waals surface area contributed by atoms with E-state index in [2.05, 4.69) is 9.59 Å². The second kappa shape index (κ2) is 5.49. The normalized spacial score (nSPS) is 12.7. The lowest BCUT2D eigenvalue weighted by molar-refractivity contribution is 0.563. The molecule has 2 aromatic rings. The minimum Gasteiger partial charge on any atom is -0.323 e. The van der Waals surface area contributed by atoms with Crippen molar-refractivity contribution in [3.8, 4) is 0 Å². The zero-order valence-electron chi connectivity index (χ0n) is 9.86. The zero-order chi connectivity index (χ0) is 13.1. The summed E-state index contributed by atoms with van der Waals surface area (Å²) in [6.45, 7) is 1.96. The number of nitrogens with zero attached hydrogens (tertiary/aromatic N) is 2. The van der Waals surface area contributed by atoms with Gasteiger partial charge in [-0.25, -0.2) is 8.78 Å². The third kappa shape index (κ3) is 2.70. The van der Waals surface area contributed by atoms with Gasteiger partial charge in [0.1, 0.15) is 11.6 Å². The van der Waals surface area contributed by atoms with Crippen LogP contribution in [-0.4, -0.2) is 9.59 Å². The van der Waals surface area contributed by atoms with Crippen molar-refractivity contribution in [2.24, 2.45) is 5.73 Å². The van der Waals surface area contributed by atoms with Crippen molar-refractivity contribution < 1.29 is 8.78 Å². The summed E-state index contributed by atoms with van der Waals surface area (Å²) in [5, 5.41) is 3.97. The summed E-state index contributed by atoms with van der Waals surface area (Å²) in [6.07, 6.45) is 1.05. The van der Waals surface area contributed by atoms with Crippen LogP contribution in [0.15, 0.2) is 18.2 Å². The Labute approximate surface area is 108 Å². The van der Waals surface area contributed by atoms with Crippen LogP contribution in [0.2, 0.25) is 0 Å². The number of aryl methyl sites for hydroxylation is 1. The molecule has 1 atom stereocenters. The van der Waals surface area contributed by atoms with E-state index >= 15 is 0 Å². The first-order valence-electron chi connectivity index (χ1n) is 5.62. The van der Waals surface area contributed by atoms with E-state index in [4.69, 9.17) is 5.73 Å². The summed E-state index contributed by atoms with van der Waals surface area (Å²) in [4.78, 5) is 0.862. The van der Waals surface area contributed by atoms with Crippen molar-refractivity contribution in [2.75, 3.05) is 0 Å². The van der Waals surface area contributed by atoms with E-state index in [1.165, 1.54) is 23.7 Å². The van der Waals surface area contributed by atoms with E-state index in [-0.39, 0.29) is 6.04 Å². The Balaban J connectivity index is 2.18. The molecule has 1 aromatic heterocycles. The largest absolute Gasteiger partial charge is 0.323 e. The highest BCUT2D eigenvalue weighted by molar-refractivity contribution is 7.05. The smallest absolute Gasteiger partial charge is 0.129 e. The second-order valence-corrected chi connectivity index (χ2v) is 4.77. The number of halogens is 2. The van der Waals surface area contributed by atoms with Gasteiger partial charge in [-0.15, -0.1) is 5.10 Å². The van der Waals surface area contributed by atoms with E-state index in [9.17, 15) is 8.78 Å². The molecule has 0 aliphatic heterocycles. The summed E-state index contributed by atoms with van der Waals surface area (Å²) in [6, 6.07) is 3.16. The maximum absolute atomic E-state index is 13.5. The topological polar surface area (TPSA) is 51.8 Å². The highest BCUT2D eigenvalue weighted by atomic mass is 32.1. The molecule has 2 rings (SSSR count). The molecule has 96 valence electrons. The van der Waals surface area contributed by atoms with Gasteiger partial charge >= 0.3 is 0 Å². The van der Waals surface area contributed by atoms with Crippen LogP contribution in [0.3, 0.4) is 0 Å². The van der Waals surface area contributed by atoms with E-state index < -0.39 is 11.6 Å². The van der Waals surface area contributed by atoms with Gasteiger partial charge in [-0.2, -0.15) is 0 Å². The van der Waals surface area contributed by atoms with Crippen molar-refractivity contribution in [3.63, 3.8) is 0 Å². The van der Waals surface area contributed by atoms with Crippen LogP contribution in [0.25, 0.3) is 0 Å². The van der Waals surface area contributed by atoms with Gasteiger partial charge in [0.15, 0.2) is 0 Å². The van der Waals surface area contributed by atoms with Crippen LogP contribution in [0.1, 0.15) is 29.1 Å². The molecule has 1 aromatic carbocycles. The van der Waals surface area contributed by atoms with Crippen LogP contribution >= 0.6 is 11.5 Å². The lowest BCUT2D eigenvalue weighted by Crippen LogP contribution is -2.14. The summed E-state index contributed by atoms with van der Waals surface area (Å²) in [5.41, 5.74) is 7.27. The number of hydrogen-bond donors (Lipinski definition) is 1. The van der Waals surface area contributed by atoms with Crippen LogP contribution in [0.5, 0.6) is 0 Å². The molecular weight excluding hydrogens is 256 g/mol. The number of aromatic nitrogens is 2. The van der Waals surface area contributed by atoms with Gasteiger partial charge in [-0.1, -0.05) is 17.5 Å². The molecule has 0 spiro atoms. The molecule has 0 amide bonds. The van der Waals surface area contributed by atoms with Gasteiger partial charge in [0, 0.05) is 12.1 Å². The molecule has 0 aliphatic carbocycles. The number of nitrogens with two attached hydrogens (primary N) is 1. The molecule has 0 saturated heterocycles. The Hall–Kier alpha value is -1.40. The fourth-order valence-corrected chi connectivity index (χ4v) is 2.50. The van der Waals surface area contributed by atoms with Crippen molar-refractivity contribution in [3.05, 3.63) is 46.0 Å². The number of hydrogen-bond acceptors (Lipinski definition) is 4. The molecule has 18 heavy (non-hydrogen) atoms. The molecule has 1 heterocycles. The summed E-state index contributed by atoms with van der Waals surface area (Å²) >= 11 is 1.23. The maximum Gasteiger partial charge on any atom is 0.129 e. The SMILES string of the molecule is CCc1nnsc1C(N)Cc1ccc(F)cc1F. The molecule has 0 bridgehead atoms. The third-order valence-electron chi connectivity index (χ3n) is 2.71. The van der Waals surface area contributed by atoms with Gasteiger partial charge in [-0.3, -0.25) is 0 Å². The molecule has 0 aliphatic rings. The Morgan fingerprint density at radius 1 is 1.39 bits per heavy atom. The average Bonchev–Trinajstić information content (AvgIpc) is 2.81. The first-order valence-corrected chi connectivity index (χ1v) is 6.39. The lowest BCUT2D eigenvalue weighted by atomic mass is 10.0. The zero-order valence-corrected chi connectivity index (χ0v) is 10.7. The van der Waals surface area contributed by atoms with Gasteiger partial charge in [0.25, 0.3) is 0 Å². The lowest BCUT2D eigenvalue weighted by Gasteiger charge is -2.11. The highest BCUT2D eigenvalue weighted by Gasteiger charge is 2.16. The monoisotopic (exact) mass is 269 g/mol. The van der Waals surface area contributed by atoms with Crippen molar-refractivity contribution in [2.45, 2.75) is 25.8 Å². The van der Waals surface area contributed by atoms with Crippen LogP contribution < -0.4 is 5.73 Å². The third-order valence-corrected chi connectivity index (χ3v) is 3.61. The Bertz CT molecular complexity index is 542. The standard InChI is InChI=1S/C12H13F2N3S/c1-2-11-12(18-17-16-11)10(15)5-7-3-4-8(13)6-9(7)14/h3-4,6,10H,2,5,15H2,1H3. The molecule has 0 saturated carbocycles. The Morgan fingerprint density at radius 2 is 2.17 bits per heavy atom. The van der Waals surface area contributed by atoms with Crippen molar-refractivity contribution in [1.82, 2.24) is 9.59 Å². The molecular formula is C12H13F2N3S. The van der Waals surface area contributed by atoms with Crippen molar-refractivity contribution in [1.29, 1.82) is 0 Å². The van der Waals surface area contributed by atoms with Crippen LogP contribution in [0.4, 0.5) is 8.78 Å². The minimum absolute atomic E-state index is 0.309. The summed E-state index contributed by atoms with van der Waals surface area (Å²) in [7, 11) is 0. The molecule has 1 unspecified atom stereocenters. The Morgan fingerprint density at radius 3 is 2.83 bits per heavy atom. The number of rotatable bonds is 4. The molecule has 3 nitrogen and oxygen atoms in total. The highest BCUT2D eigenvalue weighted by Crippen LogP contribution is 2.23. The van der Waals surface area contributed by atoms with Crippen molar-refractivity contribution >= 4 is 11.5 Å². The van der Waals surface area contributed by atoms with Gasteiger partial charge < -0.3 is 5.73 Å². The molecule has 2 N–H and O–H groups in total. The van der Waals surface area contributed by atoms with E-state index in [0.717, 1.165) is 23.1 Å². The summed E-state index contributed by atoms with van der Waals surface area (Å²) < 4.78 is 30.1. The maximum atomic E-state index is 13.5. The van der Waals surface area contributed by atoms with Gasteiger partial charge in [0.2, 0.25) is 0 Å². The van der Waals surface area contributed by atoms with E-state index in [1.807, 2.05) is 6.92 Å². The quantitative estimate of drug-likeness (QED) is 0.928. The van der Waals surface area contributed by atoms with Crippen LogP contribution in [0, 0.1) is 11.6 Å². The van der Waals surface area contributed by atoms with E-state index in [1.54, 1.807) is 0 Å². The predicted molar refractivity (Wildman–Crippen MR) is 66.3 cm³/mol. The minimum atomic E-state index is -0.585. The first kappa shape index (κ1) is 13.0. The fourth-order valence-electron chi connectivity index (χ4n) is 1.76. The summed E-state index contributed by atoms with van der Waals surface area (Å²) in [5.74, 6) is -1.15. The van der Waals surface area contributed by atoms with E-state index in [0.29, 0.717) is 12.0 Å². The van der Waals surface area contributed by atoms with Gasteiger partial charge in [-0.05, 0) is 36.0 Å². The fraction of sp³-hybridized carbons (Fsp3) is 0.333. The molecule has 6 heteroatoms. The van der Waals surface area contributed by atoms with Gasteiger partial charge in [0.05, 0.1) is 10.6 Å².